The van der Waals surface area contributed by atoms with Crippen molar-refractivity contribution >= 4 is 29.9 Å². The Balaban J connectivity index is 0.00000259. The molecule has 166 valence electrons. The number of hydrazine groups is 1. The van der Waals surface area contributed by atoms with Crippen molar-refractivity contribution in [3.05, 3.63) is 90.5 Å². The fourth-order valence-electron chi connectivity index (χ4n) is 3.76. The number of carbonyl (C=O) groups excluding carboxylic acids is 2. The molecule has 5 rings (SSSR count). The van der Waals surface area contributed by atoms with E-state index >= 15 is 0 Å². The average Bonchev–Trinajstić information content (AvgIpc) is 3.24. The Bertz CT molecular complexity index is 1290. The van der Waals surface area contributed by atoms with Crippen molar-refractivity contribution in [2.45, 2.75) is 6.54 Å². The van der Waals surface area contributed by atoms with E-state index in [4.69, 9.17) is 5.10 Å². The lowest BCUT2D eigenvalue weighted by Crippen LogP contribution is -2.51. The summed E-state index contributed by atoms with van der Waals surface area (Å²) >= 11 is 0. The number of aromatic nitrogens is 3. The molecule has 33 heavy (non-hydrogen) atoms. The van der Waals surface area contributed by atoms with Crippen LogP contribution in [0.5, 0.6) is 0 Å². The second-order valence-electron chi connectivity index (χ2n) is 7.26. The van der Waals surface area contributed by atoms with Crippen molar-refractivity contribution < 1.29 is 14.0 Å². The molecule has 0 unspecified atom stereocenters. The molecule has 0 saturated carbocycles. The van der Waals surface area contributed by atoms with Crippen LogP contribution in [0.25, 0.3) is 22.4 Å². The summed E-state index contributed by atoms with van der Waals surface area (Å²) < 4.78 is 15.2. The first-order valence-corrected chi connectivity index (χ1v) is 10.1. The van der Waals surface area contributed by atoms with Crippen molar-refractivity contribution in [1.82, 2.24) is 20.2 Å². The van der Waals surface area contributed by atoms with E-state index in [1.165, 1.54) is 17.1 Å². The first-order chi connectivity index (χ1) is 15.6. The van der Waals surface area contributed by atoms with E-state index in [0.29, 0.717) is 41.3 Å². The van der Waals surface area contributed by atoms with Crippen LogP contribution in [0, 0.1) is 5.82 Å². The number of anilines is 1. The topological polar surface area (TPSA) is 80.1 Å². The van der Waals surface area contributed by atoms with Crippen LogP contribution in [-0.2, 0) is 11.3 Å². The van der Waals surface area contributed by atoms with E-state index in [2.05, 4.69) is 10.4 Å². The molecule has 0 bridgehead atoms. The Morgan fingerprint density at radius 2 is 1.61 bits per heavy atom. The molecule has 0 atom stereocenters. The van der Waals surface area contributed by atoms with Crippen LogP contribution in [0.15, 0.2) is 79.1 Å². The Morgan fingerprint density at radius 1 is 0.909 bits per heavy atom. The van der Waals surface area contributed by atoms with Crippen molar-refractivity contribution in [3.8, 4) is 22.4 Å². The lowest BCUT2D eigenvalue weighted by Gasteiger charge is -2.29. The Hall–Kier alpha value is -3.88. The molecule has 9 heteroatoms. The van der Waals surface area contributed by atoms with Gasteiger partial charge in [0.1, 0.15) is 11.5 Å². The van der Waals surface area contributed by atoms with Gasteiger partial charge in [0.2, 0.25) is 0 Å². The SMILES string of the molecule is Cl.O=C(C(=O)N1NCCn2nc(-c3ccc(F)cc3)c(-c3ccncc3)c21)c1ccccc1. The minimum Gasteiger partial charge on any atom is -0.283 e. The number of hydrogen-bond donors (Lipinski definition) is 1. The minimum atomic E-state index is -0.710. The van der Waals surface area contributed by atoms with Crippen molar-refractivity contribution in [1.29, 1.82) is 0 Å². The molecular formula is C24H19ClFN5O2. The summed E-state index contributed by atoms with van der Waals surface area (Å²) in [7, 11) is 0. The van der Waals surface area contributed by atoms with Crippen LogP contribution < -0.4 is 10.4 Å². The predicted octanol–water partition coefficient (Wildman–Crippen LogP) is 3.91. The maximum Gasteiger partial charge on any atom is 0.315 e. The van der Waals surface area contributed by atoms with E-state index in [-0.39, 0.29) is 18.2 Å². The molecule has 1 amide bonds. The number of amides is 1. The molecule has 0 saturated heterocycles. The molecule has 2 aromatic carbocycles. The number of benzene rings is 2. The molecule has 3 heterocycles. The third-order valence-electron chi connectivity index (χ3n) is 5.25. The summed E-state index contributed by atoms with van der Waals surface area (Å²) in [5, 5.41) is 5.98. The van der Waals surface area contributed by atoms with Gasteiger partial charge < -0.3 is 0 Å². The monoisotopic (exact) mass is 463 g/mol. The Morgan fingerprint density at radius 3 is 2.30 bits per heavy atom. The number of rotatable bonds is 4. The van der Waals surface area contributed by atoms with Gasteiger partial charge in [-0.2, -0.15) is 5.10 Å². The first kappa shape index (κ1) is 22.3. The number of fused-ring (bicyclic) bond motifs is 1. The van der Waals surface area contributed by atoms with Crippen molar-refractivity contribution in [3.63, 3.8) is 0 Å². The van der Waals surface area contributed by atoms with Gasteiger partial charge in [-0.15, -0.1) is 12.4 Å². The molecule has 0 aliphatic carbocycles. The molecule has 4 aromatic rings. The van der Waals surface area contributed by atoms with Crippen LogP contribution in [0.2, 0.25) is 0 Å². The lowest BCUT2D eigenvalue weighted by molar-refractivity contribution is -0.115. The van der Waals surface area contributed by atoms with Crippen LogP contribution in [0.3, 0.4) is 0 Å². The molecule has 1 aliphatic heterocycles. The van der Waals surface area contributed by atoms with E-state index < -0.39 is 11.7 Å². The van der Waals surface area contributed by atoms with E-state index in [9.17, 15) is 14.0 Å². The first-order valence-electron chi connectivity index (χ1n) is 10.1. The molecular weight excluding hydrogens is 445 g/mol. The number of pyridine rings is 1. The Kier molecular flexibility index (Phi) is 6.30. The van der Waals surface area contributed by atoms with E-state index in [0.717, 1.165) is 5.56 Å². The third-order valence-corrected chi connectivity index (χ3v) is 5.25. The highest BCUT2D eigenvalue weighted by Gasteiger charge is 2.34. The fraction of sp³-hybridized carbons (Fsp3) is 0.0833. The lowest BCUT2D eigenvalue weighted by atomic mass is 10.0. The summed E-state index contributed by atoms with van der Waals surface area (Å²) in [5.41, 5.74) is 6.05. The normalized spacial score (nSPS) is 12.6. The molecule has 2 aromatic heterocycles. The number of hydrogen-bond acceptors (Lipinski definition) is 5. The highest BCUT2D eigenvalue weighted by atomic mass is 35.5. The number of carbonyl (C=O) groups is 2. The fourth-order valence-corrected chi connectivity index (χ4v) is 3.76. The van der Waals surface area contributed by atoms with Gasteiger partial charge in [-0.05, 0) is 42.0 Å². The number of ketones is 1. The molecule has 1 N–H and O–H groups in total. The van der Waals surface area contributed by atoms with E-state index in [1.54, 1.807) is 71.7 Å². The summed E-state index contributed by atoms with van der Waals surface area (Å²) in [4.78, 5) is 30.2. The molecule has 7 nitrogen and oxygen atoms in total. The maximum absolute atomic E-state index is 13.5. The molecule has 0 spiro atoms. The van der Waals surface area contributed by atoms with Crippen LogP contribution >= 0.6 is 12.4 Å². The number of nitrogens with one attached hydrogen (secondary N) is 1. The summed E-state index contributed by atoms with van der Waals surface area (Å²) in [6, 6.07) is 18.0. The van der Waals surface area contributed by atoms with Gasteiger partial charge in [-0.1, -0.05) is 30.3 Å². The summed E-state index contributed by atoms with van der Waals surface area (Å²) in [6.45, 7) is 0.916. The largest absolute Gasteiger partial charge is 0.315 e. The summed E-state index contributed by atoms with van der Waals surface area (Å²) in [6.07, 6.45) is 3.29. The smallest absolute Gasteiger partial charge is 0.283 e. The zero-order valence-corrected chi connectivity index (χ0v) is 18.1. The van der Waals surface area contributed by atoms with Gasteiger partial charge in [0.25, 0.3) is 5.78 Å². The number of halogens is 2. The average molecular weight is 464 g/mol. The highest BCUT2D eigenvalue weighted by Crippen LogP contribution is 2.40. The quantitative estimate of drug-likeness (QED) is 0.366. The van der Waals surface area contributed by atoms with Crippen molar-refractivity contribution in [2.24, 2.45) is 0 Å². The second-order valence-corrected chi connectivity index (χ2v) is 7.26. The third kappa shape index (κ3) is 4.13. The van der Waals surface area contributed by atoms with Gasteiger partial charge in [0.05, 0.1) is 12.1 Å². The Labute approximate surface area is 195 Å². The number of nitrogens with zero attached hydrogens (tertiary/aromatic N) is 4. The van der Waals surface area contributed by atoms with Gasteiger partial charge in [0, 0.05) is 30.1 Å². The predicted molar refractivity (Wildman–Crippen MR) is 124 cm³/mol. The number of Topliss-reactive ketones (excluding diaryl/α,β-unsaturated/α-hetero) is 1. The van der Waals surface area contributed by atoms with Gasteiger partial charge in [-0.25, -0.2) is 19.5 Å². The zero-order valence-electron chi connectivity index (χ0n) is 17.3. The standard InChI is InChI=1S/C24H18FN5O2.ClH/c25-19-8-6-17(7-9-19)21-20(16-10-12-26-13-11-16)23-29(28-21)15-14-27-30(23)24(32)22(31)18-4-2-1-3-5-18;/h1-13,27H,14-15H2;1H. The molecule has 0 radical (unpaired) electrons. The van der Waals surface area contributed by atoms with Gasteiger partial charge in [0.15, 0.2) is 5.82 Å². The van der Waals surface area contributed by atoms with Gasteiger partial charge in [-0.3, -0.25) is 14.6 Å². The minimum absolute atomic E-state index is 0. The molecule has 1 aliphatic rings. The molecule has 0 fully saturated rings. The zero-order chi connectivity index (χ0) is 22.1. The van der Waals surface area contributed by atoms with Crippen molar-refractivity contribution in [2.75, 3.05) is 11.6 Å². The van der Waals surface area contributed by atoms with Gasteiger partial charge >= 0.3 is 5.91 Å². The van der Waals surface area contributed by atoms with Crippen LogP contribution in [0.1, 0.15) is 10.4 Å². The second kappa shape index (κ2) is 9.32. The van der Waals surface area contributed by atoms with Crippen LogP contribution in [0.4, 0.5) is 10.2 Å². The van der Waals surface area contributed by atoms with E-state index in [1.807, 2.05) is 0 Å². The maximum atomic E-state index is 13.5. The highest BCUT2D eigenvalue weighted by molar-refractivity contribution is 6.47. The van der Waals surface area contributed by atoms with Crippen LogP contribution in [-0.4, -0.2) is 33.0 Å². The summed E-state index contributed by atoms with van der Waals surface area (Å²) in [5.74, 6) is -1.24.